The van der Waals surface area contributed by atoms with E-state index >= 15 is 4.79 Å². The molecule has 0 aliphatic carbocycles. The molecule has 3 aromatic heterocycles. The SMILES string of the molecule is CC(C)C[C@@H]1NC(=O)[C@@H](NC(=O)[C@@H]2CCC(=O)N2)[C@H](C(C)C)c2ccc3c4c([nH]c3c2)-n2cnc(c2)C[C@H](C(=O)N[C@@H](Cc2cnc[nH]2)C(=O)N[C@@H](CCCCN)C(=O)O)NC(=O)[C@H](CCCN=C(N)N)NC(=O)[C@H](C4)NC(=O)[C@H](C(C)C)NC1=O. The summed E-state index contributed by atoms with van der Waals surface area (Å²) in [6, 6.07) is -6.52. The molecule has 4 aliphatic rings. The minimum atomic E-state index is -1.51. The van der Waals surface area contributed by atoms with Crippen LogP contribution in [0.25, 0.3) is 16.7 Å². The molecule has 18 N–H and O–H groups in total. The number of nitrogens with zero attached hydrogens (tertiary/aromatic N) is 4. The Balaban J connectivity index is 1.37. The van der Waals surface area contributed by atoms with Gasteiger partial charge in [0.15, 0.2) is 5.96 Å². The molecule has 9 amide bonds. The second kappa shape index (κ2) is 29.3. The average molecular weight is 1200 g/mol. The van der Waals surface area contributed by atoms with Crippen molar-refractivity contribution in [2.75, 3.05) is 13.1 Å². The summed E-state index contributed by atoms with van der Waals surface area (Å²) in [6.45, 7) is 11.2. The lowest BCUT2D eigenvalue weighted by molar-refractivity contribution is -0.142. The number of aromatic nitrogens is 5. The van der Waals surface area contributed by atoms with Crippen molar-refractivity contribution in [2.24, 2.45) is 39.9 Å². The predicted molar refractivity (Wildman–Crippen MR) is 314 cm³/mol. The van der Waals surface area contributed by atoms with Gasteiger partial charge in [-0.3, -0.25) is 52.7 Å². The van der Waals surface area contributed by atoms with Crippen molar-refractivity contribution in [3.63, 3.8) is 0 Å². The van der Waals surface area contributed by atoms with E-state index in [9.17, 15) is 48.3 Å². The molecule has 4 aromatic rings. The highest BCUT2D eigenvalue weighted by Gasteiger charge is 2.41. The number of hydrogen-bond acceptors (Lipinski definition) is 14. The molecule has 8 rings (SSSR count). The molecule has 0 unspecified atom stereocenters. The third kappa shape index (κ3) is 16.7. The number of aromatic amines is 2. The van der Waals surface area contributed by atoms with E-state index in [0.717, 1.165) is 0 Å². The Kier molecular flexibility index (Phi) is 22.0. The topological polar surface area (TPSA) is 452 Å². The highest BCUT2D eigenvalue weighted by molar-refractivity contribution is 6.00. The summed E-state index contributed by atoms with van der Waals surface area (Å²) in [5.74, 6) is -9.54. The van der Waals surface area contributed by atoms with E-state index < -0.39 is 119 Å². The number of amides is 9. The molecular formula is C57H82N18O11. The monoisotopic (exact) mass is 1190 g/mol. The van der Waals surface area contributed by atoms with Gasteiger partial charge < -0.3 is 80.1 Å². The summed E-state index contributed by atoms with van der Waals surface area (Å²) in [6.07, 6.45) is 6.57. The number of nitrogens with one attached hydrogen (secondary N) is 11. The number of nitrogens with two attached hydrogens (primary N) is 3. The van der Waals surface area contributed by atoms with Crippen LogP contribution in [0.5, 0.6) is 0 Å². The number of fused-ring (bicyclic) bond motifs is 13. The second-order valence-electron chi connectivity index (χ2n) is 23.4. The van der Waals surface area contributed by atoms with Gasteiger partial charge in [-0.05, 0) is 80.9 Å². The molecule has 1 aromatic carbocycles. The van der Waals surface area contributed by atoms with Gasteiger partial charge >= 0.3 is 5.97 Å². The first-order valence-electron chi connectivity index (χ1n) is 29.3. The minimum Gasteiger partial charge on any atom is -0.480 e. The second-order valence-corrected chi connectivity index (χ2v) is 23.4. The smallest absolute Gasteiger partial charge is 0.326 e. The number of aliphatic imine (C=N–C) groups is 1. The first-order chi connectivity index (χ1) is 40.9. The predicted octanol–water partition coefficient (Wildman–Crippen LogP) is -1.70. The summed E-state index contributed by atoms with van der Waals surface area (Å²) < 4.78 is 1.61. The van der Waals surface area contributed by atoms with Gasteiger partial charge in [0, 0.05) is 72.7 Å². The number of rotatable bonds is 21. The van der Waals surface area contributed by atoms with Crippen molar-refractivity contribution >= 4 is 76.0 Å². The highest BCUT2D eigenvalue weighted by Crippen LogP contribution is 2.35. The number of carboxylic acid groups (broad SMARTS) is 1. The molecule has 86 heavy (non-hydrogen) atoms. The Morgan fingerprint density at radius 3 is 2.20 bits per heavy atom. The summed E-state index contributed by atoms with van der Waals surface area (Å²) in [5, 5.41) is 35.6. The normalized spacial score (nSPS) is 22.9. The molecule has 466 valence electrons. The maximum atomic E-state index is 15.2. The van der Waals surface area contributed by atoms with Crippen LogP contribution in [0, 0.1) is 17.8 Å². The number of carbonyl (C=O) groups is 10. The van der Waals surface area contributed by atoms with E-state index in [0.29, 0.717) is 52.9 Å². The lowest BCUT2D eigenvalue weighted by Gasteiger charge is -2.33. The highest BCUT2D eigenvalue weighted by atomic mass is 16.4. The van der Waals surface area contributed by atoms with E-state index in [-0.39, 0.29) is 93.7 Å². The van der Waals surface area contributed by atoms with Crippen molar-refractivity contribution in [3.8, 4) is 5.82 Å². The fourth-order valence-electron chi connectivity index (χ4n) is 11.1. The van der Waals surface area contributed by atoms with E-state index in [1.165, 1.54) is 18.9 Å². The number of unbranched alkanes of at least 4 members (excludes halogenated alkanes) is 1. The Morgan fingerprint density at radius 1 is 0.802 bits per heavy atom. The van der Waals surface area contributed by atoms with E-state index in [1.807, 2.05) is 33.8 Å². The summed E-state index contributed by atoms with van der Waals surface area (Å²) in [5.41, 5.74) is 19.1. The first-order valence-corrected chi connectivity index (χ1v) is 29.3. The van der Waals surface area contributed by atoms with Gasteiger partial charge in [-0.2, -0.15) is 0 Å². The third-order valence-corrected chi connectivity index (χ3v) is 15.6. The molecule has 4 aliphatic heterocycles. The van der Waals surface area contributed by atoms with Crippen molar-refractivity contribution in [1.82, 2.24) is 72.4 Å². The van der Waals surface area contributed by atoms with Gasteiger partial charge in [0.1, 0.15) is 66.5 Å². The van der Waals surface area contributed by atoms with E-state index in [4.69, 9.17) is 17.2 Å². The van der Waals surface area contributed by atoms with Gasteiger partial charge in [-0.25, -0.2) is 14.8 Å². The zero-order valence-electron chi connectivity index (χ0n) is 49.3. The summed E-state index contributed by atoms with van der Waals surface area (Å²) >= 11 is 0. The maximum Gasteiger partial charge on any atom is 0.326 e. The number of H-pyrrole nitrogens is 2. The number of carbonyl (C=O) groups excluding carboxylic acids is 9. The Bertz CT molecular complexity index is 3150. The molecule has 1 saturated heterocycles. The Labute approximate surface area is 496 Å². The Hall–Kier alpha value is -8.89. The van der Waals surface area contributed by atoms with Gasteiger partial charge in [0.05, 0.1) is 12.0 Å². The number of carboxylic acids is 1. The third-order valence-electron chi connectivity index (χ3n) is 15.6. The van der Waals surface area contributed by atoms with Crippen LogP contribution in [0.2, 0.25) is 0 Å². The Morgan fingerprint density at radius 2 is 1.55 bits per heavy atom. The van der Waals surface area contributed by atoms with Crippen molar-refractivity contribution in [3.05, 3.63) is 65.8 Å². The molecule has 29 nitrogen and oxygen atoms in total. The maximum absolute atomic E-state index is 15.2. The largest absolute Gasteiger partial charge is 0.480 e. The van der Waals surface area contributed by atoms with E-state index in [1.54, 1.807) is 36.7 Å². The molecule has 0 spiro atoms. The minimum absolute atomic E-state index is 0.0235. The number of aliphatic carboxylic acids is 1. The van der Waals surface area contributed by atoms with Gasteiger partial charge in [0.2, 0.25) is 53.2 Å². The molecule has 10 atom stereocenters. The van der Waals surface area contributed by atoms with Crippen molar-refractivity contribution < 1.29 is 53.1 Å². The van der Waals surface area contributed by atoms with Gasteiger partial charge in [-0.1, -0.05) is 53.7 Å². The molecule has 0 saturated carbocycles. The van der Waals surface area contributed by atoms with Crippen LogP contribution >= 0.6 is 0 Å². The van der Waals surface area contributed by atoms with Crippen LogP contribution in [0.4, 0.5) is 0 Å². The molecule has 0 radical (unpaired) electrons. The number of hydrogen-bond donors (Lipinski definition) is 15. The average Bonchev–Trinajstić information content (AvgIpc) is 1.72. The zero-order chi connectivity index (χ0) is 62.5. The fraction of sp³-hybridized carbons (Fsp3) is 0.561. The lowest BCUT2D eigenvalue weighted by atomic mass is 9.81. The fourth-order valence-corrected chi connectivity index (χ4v) is 11.1. The standard InChI is InChI=1S/C57H82N18O11/c1-27(2)18-39-53(82)73-45(29(5)6)54(83)72-42-22-34-33-13-12-30(44(28(3)4)46(55(84)71-39)74-49(78)36-14-15-43(76)65-36)19-38(33)66-47(34)75-24-32(64-26-75)21-41(69-48(77)35(67-52(42)81)11-9-17-62-57(59)60)51(80)70-40(20-31-23-61-25-63-31)50(79)68-37(56(85)86)10-7-8-16-58/h12-13,19,23-29,35-37,39-42,44-46,66H,7-11,14-18,20-22,58H2,1-6H3,(H,61,63)(H,65,76)(H,67,81)(H,68,79)(H,69,77)(H,70,80)(H,71,84)(H,72,83)(H,73,82)(H,74,78)(H,85,86)(H4,59,60,62)/t35-,36-,37-,39-,40-,41+,42-,44+,45-,46-/m0/s1. The summed E-state index contributed by atoms with van der Waals surface area (Å²) in [4.78, 5) is 161. The van der Waals surface area contributed by atoms with Gasteiger partial charge in [0.25, 0.3) is 0 Å². The molecule has 7 bridgehead atoms. The number of benzene rings is 1. The number of guanidine groups is 1. The number of imidazole rings is 2. The van der Waals surface area contributed by atoms with Crippen LogP contribution in [0.3, 0.4) is 0 Å². The van der Waals surface area contributed by atoms with E-state index in [2.05, 4.69) is 72.8 Å². The van der Waals surface area contributed by atoms with Crippen LogP contribution in [0.15, 0.2) is 48.2 Å². The van der Waals surface area contributed by atoms with Gasteiger partial charge in [-0.15, -0.1) is 0 Å². The van der Waals surface area contributed by atoms with Crippen LogP contribution in [-0.4, -0.2) is 162 Å². The van der Waals surface area contributed by atoms with Crippen LogP contribution < -0.4 is 65.1 Å². The van der Waals surface area contributed by atoms with Crippen molar-refractivity contribution in [2.45, 2.75) is 172 Å². The molecule has 7 heterocycles. The van der Waals surface area contributed by atoms with Crippen molar-refractivity contribution in [1.29, 1.82) is 0 Å². The summed E-state index contributed by atoms with van der Waals surface area (Å²) in [7, 11) is 0. The van der Waals surface area contributed by atoms with Crippen LogP contribution in [-0.2, 0) is 67.2 Å². The molecule has 1 fully saturated rings. The quantitative estimate of drug-likeness (QED) is 0.0191. The molecular weight excluding hydrogens is 1110 g/mol. The molecule has 29 heteroatoms. The van der Waals surface area contributed by atoms with Crippen LogP contribution in [0.1, 0.15) is 121 Å². The zero-order valence-corrected chi connectivity index (χ0v) is 49.3. The lowest BCUT2D eigenvalue weighted by Crippen LogP contribution is -2.62. The first kappa shape index (κ1) is 64.7.